The van der Waals surface area contributed by atoms with Crippen molar-refractivity contribution in [2.45, 2.75) is 13.3 Å². The van der Waals surface area contributed by atoms with E-state index < -0.39 is 0 Å². The Labute approximate surface area is 95.7 Å². The summed E-state index contributed by atoms with van der Waals surface area (Å²) in [5.41, 5.74) is 3.93. The van der Waals surface area contributed by atoms with Gasteiger partial charge in [-0.15, -0.1) is 0 Å². The summed E-state index contributed by atoms with van der Waals surface area (Å²) in [7, 11) is 0. The summed E-state index contributed by atoms with van der Waals surface area (Å²) >= 11 is 0. The number of aryl methyl sites for hydroxylation is 1. The maximum absolute atomic E-state index is 10.9. The molecule has 1 radical (unpaired) electrons. The highest BCUT2D eigenvalue weighted by Crippen LogP contribution is 2.27. The van der Waals surface area contributed by atoms with Gasteiger partial charge in [0, 0.05) is 5.56 Å². The lowest BCUT2D eigenvalue weighted by Crippen LogP contribution is -1.93. The summed E-state index contributed by atoms with van der Waals surface area (Å²) in [6.07, 6.45) is 2.94. The normalized spacial score (nSPS) is 10.1. The molecule has 0 fully saturated rings. The van der Waals surface area contributed by atoms with Crippen LogP contribution in [0.3, 0.4) is 0 Å². The second-order valence-electron chi connectivity index (χ2n) is 3.66. The zero-order valence-electron chi connectivity index (χ0n) is 9.23. The Bertz CT molecular complexity index is 486. The van der Waals surface area contributed by atoms with Crippen molar-refractivity contribution < 1.29 is 4.79 Å². The van der Waals surface area contributed by atoms with Gasteiger partial charge in [-0.25, -0.2) is 0 Å². The van der Waals surface area contributed by atoms with E-state index in [1.807, 2.05) is 48.8 Å². The predicted molar refractivity (Wildman–Crippen MR) is 66.1 cm³/mol. The molecular weight excluding hydrogens is 196 g/mol. The first-order valence-electron chi connectivity index (χ1n) is 5.42. The van der Waals surface area contributed by atoms with Gasteiger partial charge in [0.25, 0.3) is 0 Å². The first kappa shape index (κ1) is 10.6. The van der Waals surface area contributed by atoms with Crippen LogP contribution in [0.2, 0.25) is 0 Å². The molecule has 0 amide bonds. The van der Waals surface area contributed by atoms with Crippen molar-refractivity contribution >= 4 is 6.29 Å². The smallest absolute Gasteiger partial charge is 0.234 e. The molecule has 0 unspecified atom stereocenters. The fourth-order valence-corrected chi connectivity index (χ4v) is 1.93. The van der Waals surface area contributed by atoms with Crippen molar-refractivity contribution in [1.82, 2.24) is 0 Å². The van der Waals surface area contributed by atoms with Gasteiger partial charge in [0.05, 0.1) is 0 Å². The maximum Gasteiger partial charge on any atom is 0.234 e. The van der Waals surface area contributed by atoms with Crippen LogP contribution in [0.15, 0.2) is 48.5 Å². The molecule has 16 heavy (non-hydrogen) atoms. The third-order valence-corrected chi connectivity index (χ3v) is 2.70. The second kappa shape index (κ2) is 4.75. The van der Waals surface area contributed by atoms with Crippen LogP contribution in [0.1, 0.15) is 18.1 Å². The van der Waals surface area contributed by atoms with E-state index in [2.05, 4.69) is 13.0 Å². The molecule has 79 valence electrons. The van der Waals surface area contributed by atoms with Gasteiger partial charge < -0.3 is 0 Å². The summed E-state index contributed by atoms with van der Waals surface area (Å²) in [4.78, 5) is 10.9. The second-order valence-corrected chi connectivity index (χ2v) is 3.66. The van der Waals surface area contributed by atoms with Crippen LogP contribution < -0.4 is 0 Å². The first-order chi connectivity index (χ1) is 7.86. The van der Waals surface area contributed by atoms with E-state index in [1.165, 1.54) is 5.56 Å². The van der Waals surface area contributed by atoms with Crippen molar-refractivity contribution in [2.75, 3.05) is 0 Å². The topological polar surface area (TPSA) is 17.1 Å². The Morgan fingerprint density at radius 2 is 1.75 bits per heavy atom. The monoisotopic (exact) mass is 209 g/mol. The van der Waals surface area contributed by atoms with E-state index in [-0.39, 0.29) is 0 Å². The summed E-state index contributed by atoms with van der Waals surface area (Å²) in [6.45, 7) is 2.09. The Balaban J connectivity index is 2.66. The molecule has 0 heterocycles. The third-order valence-electron chi connectivity index (χ3n) is 2.70. The molecule has 0 saturated heterocycles. The molecule has 1 nitrogen and oxygen atoms in total. The van der Waals surface area contributed by atoms with Gasteiger partial charge in [-0.05, 0) is 23.1 Å². The van der Waals surface area contributed by atoms with E-state index in [4.69, 9.17) is 0 Å². The van der Waals surface area contributed by atoms with Crippen molar-refractivity contribution in [3.8, 4) is 11.1 Å². The van der Waals surface area contributed by atoms with Gasteiger partial charge in [-0.2, -0.15) is 0 Å². The quantitative estimate of drug-likeness (QED) is 0.757. The van der Waals surface area contributed by atoms with Gasteiger partial charge in [0.1, 0.15) is 0 Å². The molecule has 0 spiro atoms. The highest BCUT2D eigenvalue weighted by Gasteiger charge is 2.08. The van der Waals surface area contributed by atoms with Crippen molar-refractivity contribution in [3.63, 3.8) is 0 Å². The molecule has 2 aromatic rings. The fourth-order valence-electron chi connectivity index (χ4n) is 1.93. The van der Waals surface area contributed by atoms with E-state index >= 15 is 0 Å². The molecular formula is C15H13O. The number of hydrogen-bond acceptors (Lipinski definition) is 1. The Morgan fingerprint density at radius 3 is 2.38 bits per heavy atom. The summed E-state index contributed by atoms with van der Waals surface area (Å²) in [5, 5.41) is 0. The molecule has 0 bridgehead atoms. The van der Waals surface area contributed by atoms with E-state index in [0.717, 1.165) is 17.5 Å². The summed E-state index contributed by atoms with van der Waals surface area (Å²) in [5.74, 6) is 0. The van der Waals surface area contributed by atoms with Crippen LogP contribution >= 0.6 is 0 Å². The summed E-state index contributed by atoms with van der Waals surface area (Å²) in [6, 6.07) is 15.8. The van der Waals surface area contributed by atoms with E-state index in [1.54, 1.807) is 0 Å². The average Bonchev–Trinajstić information content (AvgIpc) is 2.38. The number of rotatable bonds is 3. The predicted octanol–water partition coefficient (Wildman–Crippen LogP) is 3.37. The average molecular weight is 209 g/mol. The van der Waals surface area contributed by atoms with Crippen LogP contribution in [0.25, 0.3) is 11.1 Å². The van der Waals surface area contributed by atoms with Gasteiger partial charge in [0.2, 0.25) is 6.29 Å². The minimum Gasteiger partial charge on any atom is -0.285 e. The lowest BCUT2D eigenvalue weighted by Gasteiger charge is -2.10. The van der Waals surface area contributed by atoms with Crippen molar-refractivity contribution in [3.05, 3.63) is 59.7 Å². The van der Waals surface area contributed by atoms with Crippen LogP contribution in [0.4, 0.5) is 0 Å². The van der Waals surface area contributed by atoms with Gasteiger partial charge >= 0.3 is 0 Å². The standard InChI is InChI=1S/C15H13O/c1-2-12-9-6-10-14(11-16)15(12)13-7-4-3-5-8-13/h3-10H,2H2,1H3. The van der Waals surface area contributed by atoms with Crippen LogP contribution in [0, 0.1) is 0 Å². The largest absolute Gasteiger partial charge is 0.285 e. The minimum atomic E-state index is 0.644. The molecule has 2 aromatic carbocycles. The fraction of sp³-hybridized carbons (Fsp3) is 0.133. The molecule has 1 heteroatoms. The van der Waals surface area contributed by atoms with E-state index in [0.29, 0.717) is 5.56 Å². The Hall–Kier alpha value is -1.89. The summed E-state index contributed by atoms with van der Waals surface area (Å²) < 4.78 is 0. The third kappa shape index (κ3) is 1.89. The molecule has 0 atom stereocenters. The Kier molecular flexibility index (Phi) is 3.16. The van der Waals surface area contributed by atoms with Crippen molar-refractivity contribution in [1.29, 1.82) is 0 Å². The number of carbonyl (C=O) groups excluding carboxylic acids is 1. The molecule has 2 rings (SSSR count). The molecule has 0 saturated carbocycles. The van der Waals surface area contributed by atoms with Gasteiger partial charge in [-0.3, -0.25) is 4.79 Å². The molecule has 0 aromatic heterocycles. The molecule has 0 aliphatic heterocycles. The molecule has 0 aliphatic rings. The highest BCUT2D eigenvalue weighted by molar-refractivity contribution is 5.89. The zero-order chi connectivity index (χ0) is 11.4. The van der Waals surface area contributed by atoms with Crippen LogP contribution in [-0.4, -0.2) is 6.29 Å². The molecule has 0 aliphatic carbocycles. The SMILES string of the molecule is CCc1cccc([C]=O)c1-c1ccccc1. The van der Waals surface area contributed by atoms with Crippen LogP contribution in [0.5, 0.6) is 0 Å². The highest BCUT2D eigenvalue weighted by atomic mass is 16.1. The maximum atomic E-state index is 10.9. The minimum absolute atomic E-state index is 0.644. The van der Waals surface area contributed by atoms with Gasteiger partial charge in [-0.1, -0.05) is 55.5 Å². The number of benzene rings is 2. The lowest BCUT2D eigenvalue weighted by atomic mass is 9.94. The van der Waals surface area contributed by atoms with Crippen LogP contribution in [-0.2, 0) is 11.2 Å². The van der Waals surface area contributed by atoms with E-state index in [9.17, 15) is 4.79 Å². The first-order valence-corrected chi connectivity index (χ1v) is 5.42. The number of hydrogen-bond donors (Lipinski definition) is 0. The lowest BCUT2D eigenvalue weighted by molar-refractivity contribution is 0.563. The van der Waals surface area contributed by atoms with Crippen molar-refractivity contribution in [2.24, 2.45) is 0 Å². The zero-order valence-corrected chi connectivity index (χ0v) is 9.23. The molecule has 0 N–H and O–H groups in total. The van der Waals surface area contributed by atoms with Gasteiger partial charge in [0.15, 0.2) is 0 Å². The Morgan fingerprint density at radius 1 is 1.00 bits per heavy atom.